The van der Waals surface area contributed by atoms with Crippen molar-refractivity contribution in [3.63, 3.8) is 0 Å². The molecule has 0 amide bonds. The zero-order valence-corrected chi connectivity index (χ0v) is 17.3. The minimum Gasteiger partial charge on any atom is -0.390 e. The van der Waals surface area contributed by atoms with Crippen LogP contribution in [0.2, 0.25) is 0 Å². The zero-order valence-electron chi connectivity index (χ0n) is 17.3. The van der Waals surface area contributed by atoms with E-state index < -0.39 is 5.60 Å². The zero-order chi connectivity index (χ0) is 18.9. The van der Waals surface area contributed by atoms with Crippen LogP contribution < -0.4 is 0 Å². The van der Waals surface area contributed by atoms with Gasteiger partial charge in [0.2, 0.25) is 0 Å². The van der Waals surface area contributed by atoms with Gasteiger partial charge in [-0.3, -0.25) is 0 Å². The second kappa shape index (κ2) is 6.06. The predicted octanol–water partition coefficient (Wildman–Crippen LogP) is 5.08. The molecular formula is C24H38O3. The Labute approximate surface area is 164 Å². The van der Waals surface area contributed by atoms with E-state index >= 15 is 0 Å². The van der Waals surface area contributed by atoms with Crippen LogP contribution in [0.25, 0.3) is 0 Å². The molecule has 5 rings (SSSR count). The van der Waals surface area contributed by atoms with E-state index in [0.29, 0.717) is 11.3 Å². The maximum atomic E-state index is 11.0. The molecule has 27 heavy (non-hydrogen) atoms. The molecule has 4 saturated carbocycles. The molecule has 5 aliphatic rings. The monoisotopic (exact) mass is 374 g/mol. The van der Waals surface area contributed by atoms with Gasteiger partial charge in [-0.1, -0.05) is 19.9 Å². The van der Waals surface area contributed by atoms with E-state index in [-0.39, 0.29) is 11.2 Å². The third-order valence-corrected chi connectivity index (χ3v) is 10.1. The summed E-state index contributed by atoms with van der Waals surface area (Å²) in [6, 6.07) is 0. The topological polar surface area (TPSA) is 38.7 Å². The lowest BCUT2D eigenvalue weighted by Crippen LogP contribution is -2.58. The van der Waals surface area contributed by atoms with Crippen molar-refractivity contribution in [3.8, 4) is 0 Å². The van der Waals surface area contributed by atoms with Crippen molar-refractivity contribution in [1.29, 1.82) is 0 Å². The third-order valence-electron chi connectivity index (χ3n) is 10.1. The van der Waals surface area contributed by atoms with Gasteiger partial charge in [-0.25, -0.2) is 0 Å². The summed E-state index contributed by atoms with van der Waals surface area (Å²) < 4.78 is 12.5. The first-order valence-electron chi connectivity index (χ1n) is 11.5. The smallest absolute Gasteiger partial charge is 0.174 e. The number of hydrogen-bond acceptors (Lipinski definition) is 3. The van der Waals surface area contributed by atoms with E-state index in [2.05, 4.69) is 20.4 Å². The van der Waals surface area contributed by atoms with Crippen LogP contribution in [0.4, 0.5) is 0 Å². The Morgan fingerprint density at radius 2 is 1.70 bits per heavy atom. The molecule has 1 saturated heterocycles. The van der Waals surface area contributed by atoms with Crippen molar-refractivity contribution in [2.45, 2.75) is 89.4 Å². The molecule has 1 aliphatic heterocycles. The quantitative estimate of drug-likeness (QED) is 0.685. The Kier molecular flexibility index (Phi) is 4.18. The molecular weight excluding hydrogens is 336 g/mol. The van der Waals surface area contributed by atoms with Crippen LogP contribution in [0.3, 0.4) is 0 Å². The Balaban J connectivity index is 1.40. The van der Waals surface area contributed by atoms with Gasteiger partial charge in [-0.2, -0.15) is 0 Å². The highest BCUT2D eigenvalue weighted by molar-refractivity contribution is 5.13. The molecule has 0 aromatic rings. The number of aliphatic hydroxyl groups is 1. The van der Waals surface area contributed by atoms with Crippen LogP contribution in [-0.2, 0) is 9.47 Å². The number of fused-ring (bicyclic) bond motifs is 6. The molecule has 0 bridgehead atoms. The van der Waals surface area contributed by atoms with Gasteiger partial charge in [0, 0.05) is 11.8 Å². The lowest BCUT2D eigenvalue weighted by Gasteiger charge is -2.62. The molecule has 3 heteroatoms. The van der Waals surface area contributed by atoms with Crippen molar-refractivity contribution in [3.05, 3.63) is 12.7 Å². The van der Waals surface area contributed by atoms with E-state index in [4.69, 9.17) is 9.47 Å². The van der Waals surface area contributed by atoms with Gasteiger partial charge in [-0.15, -0.1) is 6.58 Å². The van der Waals surface area contributed by atoms with Crippen molar-refractivity contribution in [2.24, 2.45) is 34.5 Å². The first-order chi connectivity index (χ1) is 12.9. The standard InChI is InChI=1S/C24H38O3/c1-4-9-23(25)13-12-21(2)17(16-23)5-6-18-19(21)7-10-22(3)20(18)8-11-24(22)26-14-15-27-24/h4,17-20,25H,1,5-16H2,2-3H3/t17?,18-,19+,20+,21+,22+,23+/m1/s1. The molecule has 3 nitrogen and oxygen atoms in total. The molecule has 5 fully saturated rings. The normalized spacial score (nSPS) is 53.6. The minimum absolute atomic E-state index is 0.201. The van der Waals surface area contributed by atoms with Crippen LogP contribution >= 0.6 is 0 Å². The lowest BCUT2D eigenvalue weighted by molar-refractivity contribution is -0.249. The Morgan fingerprint density at radius 1 is 0.963 bits per heavy atom. The molecule has 4 aliphatic carbocycles. The van der Waals surface area contributed by atoms with Gasteiger partial charge >= 0.3 is 0 Å². The van der Waals surface area contributed by atoms with Gasteiger partial charge in [0.15, 0.2) is 5.79 Å². The van der Waals surface area contributed by atoms with E-state index in [9.17, 15) is 5.11 Å². The summed E-state index contributed by atoms with van der Waals surface area (Å²) >= 11 is 0. The van der Waals surface area contributed by atoms with Crippen LogP contribution in [0.1, 0.15) is 78.1 Å². The van der Waals surface area contributed by atoms with Gasteiger partial charge < -0.3 is 14.6 Å². The highest BCUT2D eigenvalue weighted by Gasteiger charge is 2.67. The summed E-state index contributed by atoms with van der Waals surface area (Å²) in [6.45, 7) is 10.5. The molecule has 7 atom stereocenters. The van der Waals surface area contributed by atoms with Gasteiger partial charge in [-0.05, 0) is 86.9 Å². The highest BCUT2D eigenvalue weighted by atomic mass is 16.7. The van der Waals surface area contributed by atoms with E-state index in [0.717, 1.165) is 56.7 Å². The second-order valence-corrected chi connectivity index (χ2v) is 11.0. The number of rotatable bonds is 2. The van der Waals surface area contributed by atoms with Gasteiger partial charge in [0.05, 0.1) is 18.8 Å². The molecule has 152 valence electrons. The predicted molar refractivity (Wildman–Crippen MR) is 106 cm³/mol. The summed E-state index contributed by atoms with van der Waals surface area (Å²) in [4.78, 5) is 0. The maximum absolute atomic E-state index is 11.0. The molecule has 0 radical (unpaired) electrons. The third kappa shape index (κ3) is 2.43. The lowest BCUT2D eigenvalue weighted by atomic mass is 9.44. The number of ether oxygens (including phenoxy) is 2. The summed E-state index contributed by atoms with van der Waals surface area (Å²) in [5, 5.41) is 11.0. The van der Waals surface area contributed by atoms with E-state index in [1.54, 1.807) is 0 Å². The van der Waals surface area contributed by atoms with Crippen molar-refractivity contribution >= 4 is 0 Å². The van der Waals surface area contributed by atoms with Crippen LogP contribution in [0.15, 0.2) is 12.7 Å². The van der Waals surface area contributed by atoms with E-state index in [1.807, 2.05) is 6.08 Å². The summed E-state index contributed by atoms with van der Waals surface area (Å²) in [5.74, 6) is 2.79. The Hall–Kier alpha value is -0.380. The van der Waals surface area contributed by atoms with Crippen molar-refractivity contribution in [1.82, 2.24) is 0 Å². The molecule has 1 unspecified atom stereocenters. The van der Waals surface area contributed by atoms with Crippen LogP contribution in [0.5, 0.6) is 0 Å². The van der Waals surface area contributed by atoms with Crippen molar-refractivity contribution < 1.29 is 14.6 Å². The maximum Gasteiger partial charge on any atom is 0.174 e. The van der Waals surface area contributed by atoms with E-state index in [1.165, 1.54) is 38.5 Å². The highest BCUT2D eigenvalue weighted by Crippen LogP contribution is 2.70. The first-order valence-corrected chi connectivity index (χ1v) is 11.5. The van der Waals surface area contributed by atoms with Crippen LogP contribution in [-0.4, -0.2) is 29.7 Å². The van der Waals surface area contributed by atoms with Crippen LogP contribution in [0, 0.1) is 34.5 Å². The molecule has 0 aromatic heterocycles. The average molecular weight is 375 g/mol. The fourth-order valence-corrected chi connectivity index (χ4v) is 8.66. The summed E-state index contributed by atoms with van der Waals surface area (Å²) in [6.07, 6.45) is 13.4. The second-order valence-electron chi connectivity index (χ2n) is 11.0. The Morgan fingerprint density at radius 3 is 2.44 bits per heavy atom. The molecule has 1 N–H and O–H groups in total. The molecule has 0 aromatic carbocycles. The van der Waals surface area contributed by atoms with Gasteiger partial charge in [0.1, 0.15) is 0 Å². The Bertz CT molecular complexity index is 611. The average Bonchev–Trinajstić information content (AvgIpc) is 3.23. The SMILES string of the molecule is C=CC[C@]1(O)CC[C@@]2(C)C(CC[C@@H]3[C@@H]2CC[C@@]2(C)[C@H]3CCC23OCCO3)C1. The number of hydrogen-bond donors (Lipinski definition) is 1. The fraction of sp³-hybridized carbons (Fsp3) is 0.917. The largest absolute Gasteiger partial charge is 0.390 e. The summed E-state index contributed by atoms with van der Waals surface area (Å²) in [5.41, 5.74) is 0.113. The summed E-state index contributed by atoms with van der Waals surface area (Å²) in [7, 11) is 0. The molecule has 1 spiro atoms. The fourth-order valence-electron chi connectivity index (χ4n) is 8.66. The first kappa shape index (κ1) is 18.6. The molecule has 1 heterocycles. The van der Waals surface area contributed by atoms with Crippen molar-refractivity contribution in [2.75, 3.05) is 13.2 Å². The minimum atomic E-state index is -0.495. The van der Waals surface area contributed by atoms with Gasteiger partial charge in [0.25, 0.3) is 0 Å².